The quantitative estimate of drug-likeness (QED) is 0.772. The monoisotopic (exact) mass is 264 g/mol. The third-order valence-corrected chi connectivity index (χ3v) is 2.94. The maximum absolute atomic E-state index is 12.6. The Morgan fingerprint density at radius 2 is 1.95 bits per heavy atom. The van der Waals surface area contributed by atoms with Crippen molar-refractivity contribution in [3.8, 4) is 6.07 Å². The van der Waals surface area contributed by atoms with Crippen LogP contribution >= 0.6 is 0 Å². The molecular formula is C14H11F3N2. The summed E-state index contributed by atoms with van der Waals surface area (Å²) in [6.45, 7) is 3.79. The zero-order chi connectivity index (χ0) is 14.2. The minimum absolute atomic E-state index is 0.0388. The van der Waals surface area contributed by atoms with Crippen molar-refractivity contribution >= 4 is 10.9 Å². The smallest absolute Gasteiger partial charge is 0.255 e. The van der Waals surface area contributed by atoms with Crippen LogP contribution in [0, 0.1) is 11.3 Å². The second-order valence-electron chi connectivity index (χ2n) is 4.58. The van der Waals surface area contributed by atoms with Crippen molar-refractivity contribution in [1.82, 2.24) is 4.98 Å². The molecule has 0 aliphatic heterocycles. The summed E-state index contributed by atoms with van der Waals surface area (Å²) in [5.41, 5.74) is 0.674. The zero-order valence-electron chi connectivity index (χ0n) is 10.4. The number of halogens is 3. The van der Waals surface area contributed by atoms with Crippen LogP contribution in [0.15, 0.2) is 24.4 Å². The van der Waals surface area contributed by atoms with Gasteiger partial charge in [0, 0.05) is 11.6 Å². The lowest BCUT2D eigenvalue weighted by Gasteiger charge is -2.13. The van der Waals surface area contributed by atoms with Gasteiger partial charge in [-0.1, -0.05) is 19.9 Å². The van der Waals surface area contributed by atoms with E-state index in [1.165, 1.54) is 12.3 Å². The first kappa shape index (κ1) is 13.3. The van der Waals surface area contributed by atoms with Crippen LogP contribution in [0.3, 0.4) is 0 Å². The average Bonchev–Trinajstić information content (AvgIpc) is 2.35. The van der Waals surface area contributed by atoms with E-state index in [0.29, 0.717) is 10.9 Å². The first-order valence-corrected chi connectivity index (χ1v) is 5.74. The Morgan fingerprint density at radius 1 is 1.26 bits per heavy atom. The first-order chi connectivity index (χ1) is 8.84. The molecule has 0 radical (unpaired) electrons. The van der Waals surface area contributed by atoms with Gasteiger partial charge in [0.1, 0.15) is 6.07 Å². The van der Waals surface area contributed by atoms with Gasteiger partial charge in [0.15, 0.2) is 0 Å². The van der Waals surface area contributed by atoms with E-state index >= 15 is 0 Å². The number of hydrogen-bond donors (Lipinski definition) is 0. The van der Waals surface area contributed by atoms with Crippen molar-refractivity contribution in [2.24, 2.45) is 0 Å². The number of nitrogens with zero attached hydrogens (tertiary/aromatic N) is 2. The summed E-state index contributed by atoms with van der Waals surface area (Å²) in [5, 5.41) is 9.64. The minimum Gasteiger partial charge on any atom is -0.255 e. The largest absolute Gasteiger partial charge is 0.416 e. The maximum Gasteiger partial charge on any atom is 0.416 e. The van der Waals surface area contributed by atoms with Crippen LogP contribution in [0.2, 0.25) is 0 Å². The van der Waals surface area contributed by atoms with Crippen molar-refractivity contribution in [3.05, 3.63) is 41.1 Å². The fourth-order valence-electron chi connectivity index (χ4n) is 2.10. The van der Waals surface area contributed by atoms with Gasteiger partial charge < -0.3 is 0 Å². The third-order valence-electron chi connectivity index (χ3n) is 2.94. The highest BCUT2D eigenvalue weighted by Crippen LogP contribution is 2.33. The molecule has 2 nitrogen and oxygen atoms in total. The van der Waals surface area contributed by atoms with Gasteiger partial charge in [-0.3, -0.25) is 4.98 Å². The Balaban J connectivity index is 2.76. The molecule has 0 fully saturated rings. The highest BCUT2D eigenvalue weighted by atomic mass is 19.4. The van der Waals surface area contributed by atoms with Gasteiger partial charge in [-0.05, 0) is 23.6 Å². The molecule has 2 rings (SSSR count). The van der Waals surface area contributed by atoms with Crippen LogP contribution < -0.4 is 0 Å². The van der Waals surface area contributed by atoms with E-state index < -0.39 is 11.7 Å². The molecule has 98 valence electrons. The maximum atomic E-state index is 12.6. The third kappa shape index (κ3) is 2.39. The predicted molar refractivity (Wildman–Crippen MR) is 65.5 cm³/mol. The van der Waals surface area contributed by atoms with E-state index in [1.54, 1.807) is 0 Å². The Morgan fingerprint density at radius 3 is 2.47 bits per heavy atom. The van der Waals surface area contributed by atoms with Gasteiger partial charge in [0.05, 0.1) is 16.6 Å². The predicted octanol–water partition coefficient (Wildman–Crippen LogP) is 4.25. The number of hydrogen-bond acceptors (Lipinski definition) is 2. The standard InChI is InChI=1S/C14H11F3N2/c1-8(2)13-9(6-18)7-19-12-5-10(14(15,16)17)3-4-11(12)13/h3-5,7-8H,1-2H3. The molecule has 1 aromatic heterocycles. The van der Waals surface area contributed by atoms with Gasteiger partial charge in [0.25, 0.3) is 0 Å². The van der Waals surface area contributed by atoms with E-state index in [1.807, 2.05) is 19.9 Å². The summed E-state index contributed by atoms with van der Waals surface area (Å²) in [7, 11) is 0. The normalized spacial score (nSPS) is 11.8. The van der Waals surface area contributed by atoms with Gasteiger partial charge in [-0.25, -0.2) is 0 Å². The average molecular weight is 264 g/mol. The second-order valence-corrected chi connectivity index (χ2v) is 4.58. The number of alkyl halides is 3. The number of pyridine rings is 1. The van der Waals surface area contributed by atoms with Crippen LogP contribution in [0.4, 0.5) is 13.2 Å². The van der Waals surface area contributed by atoms with Crippen LogP contribution in [-0.4, -0.2) is 4.98 Å². The molecule has 2 aromatic rings. The molecule has 1 heterocycles. The van der Waals surface area contributed by atoms with Crippen LogP contribution in [0.1, 0.15) is 36.5 Å². The molecular weight excluding hydrogens is 253 g/mol. The molecule has 0 bridgehead atoms. The molecule has 0 atom stereocenters. The second kappa shape index (κ2) is 4.54. The molecule has 0 aliphatic rings. The van der Waals surface area contributed by atoms with Crippen molar-refractivity contribution in [3.63, 3.8) is 0 Å². The number of aromatic nitrogens is 1. The Kier molecular flexibility index (Phi) is 3.19. The first-order valence-electron chi connectivity index (χ1n) is 5.74. The lowest BCUT2D eigenvalue weighted by atomic mass is 9.94. The number of nitriles is 1. The van der Waals surface area contributed by atoms with Gasteiger partial charge in [-0.15, -0.1) is 0 Å². The van der Waals surface area contributed by atoms with Gasteiger partial charge in [-0.2, -0.15) is 18.4 Å². The molecule has 0 amide bonds. The molecule has 1 aromatic carbocycles. The molecule has 0 aliphatic carbocycles. The Labute approximate surface area is 108 Å². The summed E-state index contributed by atoms with van der Waals surface area (Å²) in [6, 6.07) is 5.46. The van der Waals surface area contributed by atoms with Crippen LogP contribution in [-0.2, 0) is 6.18 Å². The summed E-state index contributed by atoms with van der Waals surface area (Å²) in [6.07, 6.45) is -3.06. The van der Waals surface area contributed by atoms with Crippen molar-refractivity contribution in [2.45, 2.75) is 25.9 Å². The van der Waals surface area contributed by atoms with Crippen LogP contribution in [0.25, 0.3) is 10.9 Å². The van der Waals surface area contributed by atoms with Crippen LogP contribution in [0.5, 0.6) is 0 Å². The molecule has 0 saturated carbocycles. The minimum atomic E-state index is -4.39. The lowest BCUT2D eigenvalue weighted by Crippen LogP contribution is -2.05. The summed E-state index contributed by atoms with van der Waals surface area (Å²) >= 11 is 0. The van der Waals surface area contributed by atoms with Gasteiger partial charge >= 0.3 is 6.18 Å². The summed E-state index contributed by atoms with van der Waals surface area (Å²) in [5.74, 6) is 0.0388. The van der Waals surface area contributed by atoms with Crippen molar-refractivity contribution < 1.29 is 13.2 Å². The molecule has 0 unspecified atom stereocenters. The molecule has 0 N–H and O–H groups in total. The van der Waals surface area contributed by atoms with Gasteiger partial charge in [0.2, 0.25) is 0 Å². The van der Waals surface area contributed by atoms with E-state index in [-0.39, 0.29) is 11.4 Å². The van der Waals surface area contributed by atoms with E-state index in [2.05, 4.69) is 4.98 Å². The highest BCUT2D eigenvalue weighted by Gasteiger charge is 2.30. The topological polar surface area (TPSA) is 36.7 Å². The molecule has 5 heteroatoms. The summed E-state index contributed by atoms with van der Waals surface area (Å²) in [4.78, 5) is 3.95. The molecule has 0 saturated heterocycles. The molecule has 0 spiro atoms. The lowest BCUT2D eigenvalue weighted by molar-refractivity contribution is -0.137. The highest BCUT2D eigenvalue weighted by molar-refractivity contribution is 5.85. The zero-order valence-corrected chi connectivity index (χ0v) is 10.4. The SMILES string of the molecule is CC(C)c1c(C#N)cnc2cc(C(F)(F)F)ccc12. The molecule has 19 heavy (non-hydrogen) atoms. The number of rotatable bonds is 1. The fraction of sp³-hybridized carbons (Fsp3) is 0.286. The van der Waals surface area contributed by atoms with Crippen molar-refractivity contribution in [2.75, 3.05) is 0 Å². The van der Waals surface area contributed by atoms with Crippen molar-refractivity contribution in [1.29, 1.82) is 5.26 Å². The number of fused-ring (bicyclic) bond motifs is 1. The Hall–Kier alpha value is -2.09. The Bertz CT molecular complexity index is 667. The number of benzene rings is 1. The van der Waals surface area contributed by atoms with E-state index in [9.17, 15) is 13.2 Å². The van der Waals surface area contributed by atoms with E-state index in [0.717, 1.165) is 17.7 Å². The van der Waals surface area contributed by atoms with E-state index in [4.69, 9.17) is 5.26 Å². The fourth-order valence-corrected chi connectivity index (χ4v) is 2.10. The summed E-state index contributed by atoms with van der Waals surface area (Å²) < 4.78 is 37.9.